The van der Waals surface area contributed by atoms with E-state index >= 15 is 0 Å². The molecule has 2 aromatic carbocycles. The normalized spacial score (nSPS) is 11.7. The lowest BCUT2D eigenvalue weighted by molar-refractivity contribution is -0.141. The number of carbonyl (C=O) groups excluding carboxylic acids is 1. The van der Waals surface area contributed by atoms with E-state index in [0.29, 0.717) is 22.4 Å². The summed E-state index contributed by atoms with van der Waals surface area (Å²) in [7, 11) is 1.52. The number of nitrogens with one attached hydrogen (secondary N) is 1. The minimum absolute atomic E-state index is 0.0400. The summed E-state index contributed by atoms with van der Waals surface area (Å²) >= 11 is 0. The third kappa shape index (κ3) is 4.59. The van der Waals surface area contributed by atoms with Gasteiger partial charge < -0.3 is 15.2 Å². The number of aryl methyl sites for hydroxylation is 2. The molecule has 0 fully saturated rings. The van der Waals surface area contributed by atoms with Crippen molar-refractivity contribution >= 4 is 11.9 Å². The van der Waals surface area contributed by atoms with Gasteiger partial charge in [0.05, 0.1) is 13.0 Å². The Morgan fingerprint density at radius 3 is 2.38 bits per heavy atom. The molecule has 0 heterocycles. The fraction of sp³-hybridized carbons (Fsp3) is 0.300. The van der Waals surface area contributed by atoms with Gasteiger partial charge in [-0.1, -0.05) is 18.2 Å². The van der Waals surface area contributed by atoms with E-state index in [4.69, 9.17) is 4.74 Å². The van der Waals surface area contributed by atoms with E-state index in [-0.39, 0.29) is 18.8 Å². The van der Waals surface area contributed by atoms with Crippen LogP contribution in [0.3, 0.4) is 0 Å². The molecule has 1 amide bonds. The average Bonchev–Trinajstić information content (AvgIpc) is 2.62. The third-order valence-electron chi connectivity index (χ3n) is 4.22. The van der Waals surface area contributed by atoms with Gasteiger partial charge in [0.15, 0.2) is 0 Å². The van der Waals surface area contributed by atoms with Crippen LogP contribution in [0.4, 0.5) is 4.39 Å². The minimum Gasteiger partial charge on any atom is -0.496 e. The quantitative estimate of drug-likeness (QED) is 0.796. The number of hydrogen-bond acceptors (Lipinski definition) is 3. The molecule has 138 valence electrons. The summed E-state index contributed by atoms with van der Waals surface area (Å²) in [6, 6.07) is 10.1. The maximum absolute atomic E-state index is 13.7. The molecule has 2 aromatic rings. The number of carboxylic acids is 1. The zero-order valence-corrected chi connectivity index (χ0v) is 15.0. The van der Waals surface area contributed by atoms with Gasteiger partial charge in [-0.3, -0.25) is 9.59 Å². The monoisotopic (exact) mass is 359 g/mol. The van der Waals surface area contributed by atoms with Crippen molar-refractivity contribution in [3.63, 3.8) is 0 Å². The second-order valence-corrected chi connectivity index (χ2v) is 6.19. The summed E-state index contributed by atoms with van der Waals surface area (Å²) in [4.78, 5) is 23.9. The molecular weight excluding hydrogens is 337 g/mol. The lowest BCUT2D eigenvalue weighted by Gasteiger charge is -2.16. The number of hydrogen-bond donors (Lipinski definition) is 2. The second-order valence-electron chi connectivity index (χ2n) is 6.19. The Bertz CT molecular complexity index is 796. The van der Waals surface area contributed by atoms with Crippen LogP contribution in [-0.2, 0) is 11.2 Å². The van der Waals surface area contributed by atoms with Crippen molar-refractivity contribution in [3.8, 4) is 5.75 Å². The molecule has 6 heteroatoms. The predicted octanol–water partition coefficient (Wildman–Crippen LogP) is 3.12. The van der Waals surface area contributed by atoms with E-state index in [2.05, 4.69) is 5.32 Å². The van der Waals surface area contributed by atoms with Crippen molar-refractivity contribution in [1.82, 2.24) is 5.32 Å². The molecule has 0 aromatic heterocycles. The van der Waals surface area contributed by atoms with Crippen molar-refractivity contribution in [2.24, 2.45) is 5.92 Å². The standard InChI is InChI=1S/C20H22FNO4/c1-12-8-15(9-13(2)18(12)21)19(23)22-11-16(20(24)25)10-14-6-4-5-7-17(14)26-3/h4-9,16H,10-11H2,1-3H3,(H,22,23)(H,24,25). The van der Waals surface area contributed by atoms with E-state index < -0.39 is 17.8 Å². The first kappa shape index (κ1) is 19.4. The summed E-state index contributed by atoms with van der Waals surface area (Å²) in [5.74, 6) is -1.99. The second kappa shape index (κ2) is 8.47. The molecule has 0 aliphatic rings. The predicted molar refractivity (Wildman–Crippen MR) is 96.0 cm³/mol. The highest BCUT2D eigenvalue weighted by Crippen LogP contribution is 2.21. The molecule has 1 unspecified atom stereocenters. The molecular formula is C20H22FNO4. The first-order chi connectivity index (χ1) is 12.3. The van der Waals surface area contributed by atoms with Crippen LogP contribution in [0.15, 0.2) is 36.4 Å². The van der Waals surface area contributed by atoms with Crippen LogP contribution >= 0.6 is 0 Å². The van der Waals surface area contributed by atoms with Gasteiger partial charge in [0.1, 0.15) is 11.6 Å². The van der Waals surface area contributed by atoms with Crippen LogP contribution in [0.2, 0.25) is 0 Å². The molecule has 5 nitrogen and oxygen atoms in total. The van der Waals surface area contributed by atoms with Gasteiger partial charge in [-0.05, 0) is 55.2 Å². The number of amides is 1. The SMILES string of the molecule is COc1ccccc1CC(CNC(=O)c1cc(C)c(F)c(C)c1)C(=O)O. The van der Waals surface area contributed by atoms with Crippen LogP contribution in [-0.4, -0.2) is 30.6 Å². The van der Waals surface area contributed by atoms with Crippen LogP contribution in [0, 0.1) is 25.6 Å². The van der Waals surface area contributed by atoms with E-state index in [0.717, 1.165) is 5.56 Å². The highest BCUT2D eigenvalue weighted by molar-refractivity contribution is 5.94. The zero-order valence-electron chi connectivity index (χ0n) is 15.0. The average molecular weight is 359 g/mol. The molecule has 2 N–H and O–H groups in total. The number of halogens is 1. The van der Waals surface area contributed by atoms with E-state index in [1.807, 2.05) is 0 Å². The van der Waals surface area contributed by atoms with Gasteiger partial charge in [0.2, 0.25) is 0 Å². The number of rotatable bonds is 7. The number of aliphatic carboxylic acids is 1. The molecule has 0 spiro atoms. The highest BCUT2D eigenvalue weighted by atomic mass is 19.1. The molecule has 0 aliphatic carbocycles. The smallest absolute Gasteiger partial charge is 0.308 e. The maximum Gasteiger partial charge on any atom is 0.308 e. The lowest BCUT2D eigenvalue weighted by Crippen LogP contribution is -2.34. The summed E-state index contributed by atoms with van der Waals surface area (Å²) in [6.45, 7) is 3.13. The summed E-state index contributed by atoms with van der Waals surface area (Å²) in [5, 5.41) is 12.1. The summed E-state index contributed by atoms with van der Waals surface area (Å²) < 4.78 is 18.9. The third-order valence-corrected chi connectivity index (χ3v) is 4.22. The molecule has 2 rings (SSSR count). The van der Waals surface area contributed by atoms with E-state index in [1.165, 1.54) is 19.2 Å². The van der Waals surface area contributed by atoms with Crippen molar-refractivity contribution in [2.45, 2.75) is 20.3 Å². The largest absolute Gasteiger partial charge is 0.496 e. The zero-order chi connectivity index (χ0) is 19.3. The van der Waals surface area contributed by atoms with E-state index in [1.54, 1.807) is 38.1 Å². The first-order valence-corrected chi connectivity index (χ1v) is 8.23. The fourth-order valence-corrected chi connectivity index (χ4v) is 2.78. The van der Waals surface area contributed by atoms with Crippen LogP contribution in [0.25, 0.3) is 0 Å². The summed E-state index contributed by atoms with van der Waals surface area (Å²) in [6.07, 6.45) is 0.223. The number of para-hydroxylation sites is 1. The molecule has 0 aliphatic heterocycles. The number of ether oxygens (including phenoxy) is 1. The summed E-state index contributed by atoms with van der Waals surface area (Å²) in [5.41, 5.74) is 1.81. The number of carbonyl (C=O) groups is 2. The van der Waals surface area contributed by atoms with Crippen LogP contribution < -0.4 is 10.1 Å². The van der Waals surface area contributed by atoms with Crippen molar-refractivity contribution in [1.29, 1.82) is 0 Å². The van der Waals surface area contributed by atoms with Gasteiger partial charge in [0.25, 0.3) is 5.91 Å². The van der Waals surface area contributed by atoms with Gasteiger partial charge >= 0.3 is 5.97 Å². The highest BCUT2D eigenvalue weighted by Gasteiger charge is 2.21. The molecule has 0 saturated heterocycles. The molecule has 1 atom stereocenters. The number of methoxy groups -OCH3 is 1. The van der Waals surface area contributed by atoms with Crippen molar-refractivity contribution in [3.05, 3.63) is 64.5 Å². The topological polar surface area (TPSA) is 75.6 Å². The Morgan fingerprint density at radius 2 is 1.81 bits per heavy atom. The number of benzene rings is 2. The first-order valence-electron chi connectivity index (χ1n) is 8.23. The Labute approximate surface area is 151 Å². The Hall–Kier alpha value is -2.89. The maximum atomic E-state index is 13.7. The van der Waals surface area contributed by atoms with Crippen molar-refractivity contribution in [2.75, 3.05) is 13.7 Å². The molecule has 0 radical (unpaired) electrons. The van der Waals surface area contributed by atoms with Crippen molar-refractivity contribution < 1.29 is 23.8 Å². The Balaban J connectivity index is 2.09. The minimum atomic E-state index is -1.01. The molecule has 0 bridgehead atoms. The van der Waals surface area contributed by atoms with Gasteiger partial charge in [-0.2, -0.15) is 0 Å². The number of carboxylic acid groups (broad SMARTS) is 1. The Kier molecular flexibility index (Phi) is 6.33. The van der Waals surface area contributed by atoms with Gasteiger partial charge in [-0.15, -0.1) is 0 Å². The molecule has 0 saturated carbocycles. The van der Waals surface area contributed by atoms with Crippen LogP contribution in [0.5, 0.6) is 5.75 Å². The van der Waals surface area contributed by atoms with Gasteiger partial charge in [0, 0.05) is 12.1 Å². The fourth-order valence-electron chi connectivity index (χ4n) is 2.78. The lowest BCUT2D eigenvalue weighted by atomic mass is 9.98. The Morgan fingerprint density at radius 1 is 1.19 bits per heavy atom. The van der Waals surface area contributed by atoms with Gasteiger partial charge in [-0.25, -0.2) is 4.39 Å². The molecule has 26 heavy (non-hydrogen) atoms. The van der Waals surface area contributed by atoms with Crippen LogP contribution in [0.1, 0.15) is 27.0 Å². The van der Waals surface area contributed by atoms with E-state index in [9.17, 15) is 19.1 Å².